The molecule has 0 saturated heterocycles. The van der Waals surface area contributed by atoms with E-state index in [2.05, 4.69) is 78.4 Å². The molecule has 76 heavy (non-hydrogen) atoms. The molecule has 1 nitrogen and oxygen atoms in total. The first-order valence-corrected chi connectivity index (χ1v) is 21.4. The summed E-state index contributed by atoms with van der Waals surface area (Å²) >= 11 is 0. The fourth-order valence-electron chi connectivity index (χ4n) is 8.71. The quantitative estimate of drug-likeness (QED) is 0.0851. The summed E-state index contributed by atoms with van der Waals surface area (Å²) in [5.41, 5.74) is -27.5. The molecule has 0 atom stereocenters. The van der Waals surface area contributed by atoms with E-state index in [1.165, 1.54) is 22.0 Å². The van der Waals surface area contributed by atoms with Crippen LogP contribution in [0.3, 0.4) is 0 Å². The minimum atomic E-state index is -6.13. The van der Waals surface area contributed by atoms with E-state index >= 15 is 0 Å². The topological polar surface area (TPSA) is 3.88 Å². The lowest BCUT2D eigenvalue weighted by Gasteiger charge is -2.46. The maximum absolute atomic E-state index is 14.2. The Morgan fingerprint density at radius 2 is 0.592 bits per heavy atom. The number of fused-ring (bicyclic) bond motifs is 1. The molecule has 0 radical (unpaired) electrons. The third-order valence-corrected chi connectivity index (χ3v) is 12.0. The van der Waals surface area contributed by atoms with E-state index in [0.717, 1.165) is 13.0 Å². The first-order valence-electron chi connectivity index (χ1n) is 21.4. The number of nitrogens with zero attached hydrogens (tertiary/aromatic N) is 1. The van der Waals surface area contributed by atoms with Gasteiger partial charge in [0.15, 0.2) is 18.4 Å². The van der Waals surface area contributed by atoms with E-state index in [0.29, 0.717) is 0 Å². The first kappa shape index (κ1) is 58.4. The standard InChI is InChI=1S/C32H12BF24.C18H18N/c34-25(35,36)13-1-14(26(37,38)39)6-21(5-13)33(22-7-15(27(40,41)42)2-16(8-22)28(43,44)45,23-9-17(29(46,47)48)3-18(10-23)30(49,50)51)24-11-19(31(52,53)54)4-20(12-24)32(55,56)57;1-2-18-17-11-7-6-10-16(17)12-13-19(18)14-15-8-4-3-5-9-15/h1-12H;3-13H,2,14H2,1H3/q-1;+1. The number of hydrogen-bond donors (Lipinski definition) is 0. The molecule has 0 unspecified atom stereocenters. The molecule has 0 aliphatic rings. The van der Waals surface area contributed by atoms with Gasteiger partial charge in [0.2, 0.25) is 0 Å². The Balaban J connectivity index is 0.000000408. The third-order valence-electron chi connectivity index (χ3n) is 12.0. The molecule has 26 heteroatoms. The average Bonchev–Trinajstić information content (AvgIpc) is 3.30. The van der Waals surface area contributed by atoms with Gasteiger partial charge in [-0.2, -0.15) is 132 Å². The molecule has 1 heterocycles. The summed E-state index contributed by atoms with van der Waals surface area (Å²) in [4.78, 5) is 0. The zero-order chi connectivity index (χ0) is 57.0. The third kappa shape index (κ3) is 12.8. The lowest BCUT2D eigenvalue weighted by molar-refractivity contribution is -0.694. The summed E-state index contributed by atoms with van der Waals surface area (Å²) in [5.74, 6) is 0. The lowest BCUT2D eigenvalue weighted by Crippen LogP contribution is -2.75. The minimum Gasteiger partial charge on any atom is -0.198 e. The molecule has 7 aromatic rings. The van der Waals surface area contributed by atoms with E-state index in [9.17, 15) is 105 Å². The van der Waals surface area contributed by atoms with Crippen LogP contribution < -0.4 is 26.4 Å². The molecule has 6 aromatic carbocycles. The largest absolute Gasteiger partial charge is 0.416 e. The maximum Gasteiger partial charge on any atom is 0.416 e. The number of aromatic nitrogens is 1. The Bertz CT molecular complexity index is 2770. The number of hydrogen-bond acceptors (Lipinski definition) is 0. The van der Waals surface area contributed by atoms with Gasteiger partial charge in [0.1, 0.15) is 6.15 Å². The van der Waals surface area contributed by atoms with Gasteiger partial charge < -0.3 is 0 Å². The summed E-state index contributed by atoms with van der Waals surface area (Å²) in [7, 11) is 0. The highest BCUT2D eigenvalue weighted by atomic mass is 19.4. The summed E-state index contributed by atoms with van der Waals surface area (Å²) in [6.45, 7) is 3.16. The van der Waals surface area contributed by atoms with Gasteiger partial charge >= 0.3 is 49.4 Å². The Morgan fingerprint density at radius 3 is 0.855 bits per heavy atom. The normalized spacial score (nSPS) is 13.4. The van der Waals surface area contributed by atoms with Crippen LogP contribution in [0.2, 0.25) is 0 Å². The van der Waals surface area contributed by atoms with E-state index in [4.69, 9.17) is 0 Å². The summed E-state index contributed by atoms with van der Waals surface area (Å²) in [6, 6.07) is 12.6. The summed E-state index contributed by atoms with van der Waals surface area (Å²) < 4.78 is 343. The molecule has 0 bridgehead atoms. The predicted octanol–water partition coefficient (Wildman–Crippen LogP) is 15.0. The molecule has 0 spiro atoms. The molecule has 1 aromatic heterocycles. The summed E-state index contributed by atoms with van der Waals surface area (Å²) in [6.07, 6.45) is -51.6. The van der Waals surface area contributed by atoms with Gasteiger partial charge in [-0.1, -0.05) is 104 Å². The number of rotatable bonds is 7. The molecular formula is C50H30BF24N. The smallest absolute Gasteiger partial charge is 0.198 e. The van der Waals surface area contributed by atoms with Crippen molar-refractivity contribution >= 4 is 38.8 Å². The number of pyridine rings is 1. The average molecular weight is 1110 g/mol. The van der Waals surface area contributed by atoms with Gasteiger partial charge in [-0.25, -0.2) is 0 Å². The van der Waals surface area contributed by atoms with Crippen molar-refractivity contribution in [3.63, 3.8) is 0 Å². The van der Waals surface area contributed by atoms with Crippen LogP contribution in [0, 0.1) is 0 Å². The number of benzene rings is 6. The van der Waals surface area contributed by atoms with E-state index in [1.54, 1.807) is 0 Å². The van der Waals surface area contributed by atoms with Crippen molar-refractivity contribution in [1.82, 2.24) is 0 Å². The van der Waals surface area contributed by atoms with Gasteiger partial charge in [-0.3, -0.25) is 0 Å². The number of aryl methyl sites for hydroxylation is 1. The highest BCUT2D eigenvalue weighted by Gasteiger charge is 2.47. The number of alkyl halides is 24. The van der Waals surface area contributed by atoms with Crippen molar-refractivity contribution in [1.29, 1.82) is 0 Å². The summed E-state index contributed by atoms with van der Waals surface area (Å²) in [5, 5.41) is 2.69. The van der Waals surface area contributed by atoms with Crippen LogP contribution in [-0.2, 0) is 62.4 Å². The Hall–Kier alpha value is -6.89. The van der Waals surface area contributed by atoms with Crippen molar-refractivity contribution < 1.29 is 110 Å². The van der Waals surface area contributed by atoms with Crippen molar-refractivity contribution in [2.45, 2.75) is 69.3 Å². The fraction of sp³-hybridized carbons (Fsp3) is 0.220. The van der Waals surface area contributed by atoms with Crippen LogP contribution in [0.4, 0.5) is 105 Å². The van der Waals surface area contributed by atoms with Crippen molar-refractivity contribution in [3.8, 4) is 0 Å². The fourth-order valence-corrected chi connectivity index (χ4v) is 8.71. The van der Waals surface area contributed by atoms with Crippen molar-refractivity contribution in [2.75, 3.05) is 0 Å². The van der Waals surface area contributed by atoms with Gasteiger partial charge in [0.05, 0.1) is 44.5 Å². The zero-order valence-electron chi connectivity index (χ0n) is 37.8. The molecule has 0 fully saturated rings. The zero-order valence-corrected chi connectivity index (χ0v) is 37.8. The molecule has 7 rings (SSSR count). The van der Waals surface area contributed by atoms with Gasteiger partial charge in [0.25, 0.3) is 0 Å². The lowest BCUT2D eigenvalue weighted by atomic mass is 9.12. The molecule has 0 N–H and O–H groups in total. The van der Waals surface area contributed by atoms with Crippen molar-refractivity contribution in [3.05, 3.63) is 195 Å². The minimum absolute atomic E-state index is 0.691. The Morgan fingerprint density at radius 1 is 0.329 bits per heavy atom. The van der Waals surface area contributed by atoms with Crippen LogP contribution in [0.1, 0.15) is 62.7 Å². The van der Waals surface area contributed by atoms with Gasteiger partial charge in [-0.05, 0) is 35.7 Å². The van der Waals surface area contributed by atoms with Crippen LogP contribution >= 0.6 is 0 Å². The SMILES string of the molecule is CCc1c2ccccc2cc[n+]1Cc1ccccc1.FC(F)(F)c1cc([B-](c2cc(C(F)(F)F)cc(C(F)(F)F)c2)(c2cc(C(F)(F)F)cc(C(F)(F)F)c2)c2cc(C(F)(F)F)cc(C(F)(F)F)c2)cc(C(F)(F)F)c1. The van der Waals surface area contributed by atoms with Crippen LogP contribution in [0.25, 0.3) is 10.8 Å². The Kier molecular flexibility index (Phi) is 15.5. The van der Waals surface area contributed by atoms with Crippen LogP contribution in [0.15, 0.2) is 140 Å². The maximum atomic E-state index is 14.2. The van der Waals surface area contributed by atoms with E-state index in [1.807, 2.05) is 0 Å². The second-order valence-corrected chi connectivity index (χ2v) is 17.0. The number of halogens is 24. The van der Waals surface area contributed by atoms with Gasteiger partial charge in [0, 0.05) is 23.4 Å². The van der Waals surface area contributed by atoms with Crippen molar-refractivity contribution in [2.24, 2.45) is 0 Å². The highest BCUT2D eigenvalue weighted by molar-refractivity contribution is 7.20. The monoisotopic (exact) mass is 1110 g/mol. The molecule has 0 aliphatic carbocycles. The molecule has 406 valence electrons. The highest BCUT2D eigenvalue weighted by Crippen LogP contribution is 2.41. The predicted molar refractivity (Wildman–Crippen MR) is 229 cm³/mol. The Labute approximate surface area is 412 Å². The molecular weight excluding hydrogens is 1080 g/mol. The van der Waals surface area contributed by atoms with Gasteiger partial charge in [-0.15, -0.1) is 0 Å². The molecule has 0 saturated carbocycles. The second kappa shape index (κ2) is 20.2. The van der Waals surface area contributed by atoms with E-state index in [-0.39, 0.29) is 0 Å². The first-order chi connectivity index (χ1) is 34.6. The molecule has 0 amide bonds. The van der Waals surface area contributed by atoms with E-state index < -0.39 is 195 Å². The van der Waals surface area contributed by atoms with Crippen LogP contribution in [0.5, 0.6) is 0 Å². The molecule has 0 aliphatic heterocycles. The van der Waals surface area contributed by atoms with Crippen LogP contribution in [-0.4, -0.2) is 6.15 Å². The second-order valence-electron chi connectivity index (χ2n) is 17.0.